The van der Waals surface area contributed by atoms with Crippen molar-refractivity contribution in [3.8, 4) is 0 Å². The van der Waals surface area contributed by atoms with Gasteiger partial charge in [0.1, 0.15) is 7.11 Å². The van der Waals surface area contributed by atoms with Crippen LogP contribution in [0.1, 0.15) is 20.8 Å². The fourth-order valence-electron chi connectivity index (χ4n) is 0.690. The van der Waals surface area contributed by atoms with Crippen molar-refractivity contribution in [2.75, 3.05) is 24.9 Å². The fraction of sp³-hybridized carbons (Fsp3) is 0.889. The lowest BCUT2D eigenvalue weighted by Crippen LogP contribution is -2.14. The number of nitrogens with zero attached hydrogens (tertiary/aromatic N) is 1. The van der Waals surface area contributed by atoms with Gasteiger partial charge in [0.2, 0.25) is 0 Å². The van der Waals surface area contributed by atoms with Gasteiger partial charge in [0, 0.05) is 16.3 Å². The quantitative estimate of drug-likeness (QED) is 0.526. The lowest BCUT2D eigenvalue weighted by atomic mass is 10.3. The Morgan fingerprint density at radius 2 is 1.92 bits per heavy atom. The summed E-state index contributed by atoms with van der Waals surface area (Å²) < 4.78 is 0.299. The minimum absolute atomic E-state index is 0.299. The lowest BCUT2D eigenvalue weighted by molar-refractivity contribution is 0.213. The average molecular weight is 221 g/mol. The number of rotatable bonds is 5. The normalized spacial score (nSPS) is 13.2. The molecule has 0 saturated heterocycles. The summed E-state index contributed by atoms with van der Waals surface area (Å²) in [5.74, 6) is 1.91. The molecule has 0 spiro atoms. The molecule has 0 radical (unpaired) electrons. The van der Waals surface area contributed by atoms with E-state index in [4.69, 9.17) is 4.84 Å². The van der Waals surface area contributed by atoms with E-state index in [1.807, 2.05) is 11.8 Å². The lowest BCUT2D eigenvalue weighted by Gasteiger charge is -2.17. The average Bonchev–Trinajstić information content (AvgIpc) is 2.00. The molecule has 0 aliphatic rings. The zero-order valence-corrected chi connectivity index (χ0v) is 10.7. The number of hydrogen-bond donors (Lipinski definition) is 0. The second kappa shape index (κ2) is 6.60. The Bertz CT molecular complexity index is 163. The Morgan fingerprint density at radius 1 is 1.31 bits per heavy atom. The molecule has 0 heterocycles. The summed E-state index contributed by atoms with van der Waals surface area (Å²) >= 11 is 3.67. The molecule has 2 nitrogen and oxygen atoms in total. The van der Waals surface area contributed by atoms with Crippen LogP contribution in [0.15, 0.2) is 5.16 Å². The van der Waals surface area contributed by atoms with E-state index in [2.05, 4.69) is 32.2 Å². The van der Waals surface area contributed by atoms with Crippen LogP contribution in [-0.2, 0) is 4.84 Å². The highest BCUT2D eigenvalue weighted by Gasteiger charge is 2.12. The van der Waals surface area contributed by atoms with E-state index in [1.54, 1.807) is 18.9 Å². The summed E-state index contributed by atoms with van der Waals surface area (Å²) in [6.45, 7) is 6.63. The van der Waals surface area contributed by atoms with Gasteiger partial charge < -0.3 is 4.84 Å². The molecule has 0 bridgehead atoms. The molecule has 4 heteroatoms. The van der Waals surface area contributed by atoms with Crippen LogP contribution < -0.4 is 0 Å². The summed E-state index contributed by atoms with van der Waals surface area (Å²) in [5.41, 5.74) is 1.12. The third kappa shape index (κ3) is 8.50. The smallest absolute Gasteiger partial charge is 0.106 e. The van der Waals surface area contributed by atoms with E-state index in [-0.39, 0.29) is 0 Å². The van der Waals surface area contributed by atoms with Crippen molar-refractivity contribution >= 4 is 29.2 Å². The molecule has 78 valence electrons. The number of oxime groups is 1. The Labute approximate surface area is 89.9 Å². The van der Waals surface area contributed by atoms with Crippen LogP contribution >= 0.6 is 23.5 Å². The fourth-order valence-corrected chi connectivity index (χ4v) is 2.06. The minimum atomic E-state index is 0.299. The Morgan fingerprint density at radius 3 is 2.31 bits per heavy atom. The largest absolute Gasteiger partial charge is 0.399 e. The van der Waals surface area contributed by atoms with Crippen molar-refractivity contribution in [3.63, 3.8) is 0 Å². The van der Waals surface area contributed by atoms with Crippen LogP contribution in [0.2, 0.25) is 0 Å². The highest BCUT2D eigenvalue weighted by molar-refractivity contribution is 8.02. The first-order valence-corrected chi connectivity index (χ1v) is 6.59. The molecule has 0 N–H and O–H groups in total. The molecule has 0 aromatic carbocycles. The van der Waals surface area contributed by atoms with Crippen LogP contribution in [0.25, 0.3) is 0 Å². The standard InChI is InChI=1S/C9H19NOS2/c1-9(2,3)13-7-8(6-12-5)10-11-4/h6-7H2,1-5H3/b10-8+. The van der Waals surface area contributed by atoms with E-state index in [1.165, 1.54) is 0 Å². The second-order valence-electron chi connectivity index (χ2n) is 3.67. The second-order valence-corrected chi connectivity index (χ2v) is 6.34. The van der Waals surface area contributed by atoms with Crippen molar-refractivity contribution < 1.29 is 4.84 Å². The molecule has 0 aliphatic carbocycles. The van der Waals surface area contributed by atoms with Crippen molar-refractivity contribution in [2.45, 2.75) is 25.5 Å². The third-order valence-electron chi connectivity index (χ3n) is 1.20. The van der Waals surface area contributed by atoms with Gasteiger partial charge in [-0.25, -0.2) is 0 Å². The van der Waals surface area contributed by atoms with Crippen LogP contribution in [0.5, 0.6) is 0 Å². The predicted octanol–water partition coefficient (Wildman–Crippen LogP) is 2.88. The van der Waals surface area contributed by atoms with Gasteiger partial charge in [0.15, 0.2) is 0 Å². The SMILES string of the molecule is CO/N=C(\CSC)CSC(C)(C)C. The molecule has 0 saturated carbocycles. The van der Waals surface area contributed by atoms with E-state index in [9.17, 15) is 0 Å². The first kappa shape index (κ1) is 13.2. The van der Waals surface area contributed by atoms with Gasteiger partial charge in [-0.05, 0) is 6.26 Å². The molecule has 0 rings (SSSR count). The predicted molar refractivity (Wildman–Crippen MR) is 65.0 cm³/mol. The van der Waals surface area contributed by atoms with Gasteiger partial charge >= 0.3 is 0 Å². The first-order chi connectivity index (χ1) is 5.99. The number of thioether (sulfide) groups is 2. The van der Waals surface area contributed by atoms with E-state index < -0.39 is 0 Å². The van der Waals surface area contributed by atoms with Gasteiger partial charge in [-0.1, -0.05) is 25.9 Å². The summed E-state index contributed by atoms with van der Waals surface area (Å²) in [6, 6.07) is 0. The van der Waals surface area contributed by atoms with Crippen molar-refractivity contribution in [2.24, 2.45) is 5.16 Å². The summed E-state index contributed by atoms with van der Waals surface area (Å²) in [7, 11) is 1.60. The maximum absolute atomic E-state index is 4.78. The van der Waals surface area contributed by atoms with Crippen molar-refractivity contribution in [3.05, 3.63) is 0 Å². The molecule has 13 heavy (non-hydrogen) atoms. The Hall–Kier alpha value is 0.170. The molecule has 0 atom stereocenters. The summed E-state index contributed by atoms with van der Waals surface area (Å²) in [4.78, 5) is 4.78. The van der Waals surface area contributed by atoms with Gasteiger partial charge in [0.05, 0.1) is 5.71 Å². The maximum atomic E-state index is 4.78. The molecular formula is C9H19NOS2. The third-order valence-corrected chi connectivity index (χ3v) is 3.17. The molecule has 0 aromatic rings. The minimum Gasteiger partial charge on any atom is -0.399 e. The summed E-state index contributed by atoms with van der Waals surface area (Å²) in [5, 5.41) is 3.99. The Balaban J connectivity index is 3.90. The van der Waals surface area contributed by atoms with Crippen LogP contribution in [0.4, 0.5) is 0 Å². The molecular weight excluding hydrogens is 202 g/mol. The highest BCUT2D eigenvalue weighted by Crippen LogP contribution is 2.23. The highest BCUT2D eigenvalue weighted by atomic mass is 32.2. The topological polar surface area (TPSA) is 21.6 Å². The molecule has 0 unspecified atom stereocenters. The first-order valence-electron chi connectivity index (χ1n) is 4.21. The zero-order valence-electron chi connectivity index (χ0n) is 9.09. The van der Waals surface area contributed by atoms with E-state index in [0.717, 1.165) is 17.2 Å². The van der Waals surface area contributed by atoms with Crippen molar-refractivity contribution in [1.29, 1.82) is 0 Å². The van der Waals surface area contributed by atoms with Crippen molar-refractivity contribution in [1.82, 2.24) is 0 Å². The van der Waals surface area contributed by atoms with E-state index >= 15 is 0 Å². The zero-order chi connectivity index (χ0) is 10.3. The molecule has 0 amide bonds. The summed E-state index contributed by atoms with van der Waals surface area (Å²) in [6.07, 6.45) is 2.08. The number of hydrogen-bond acceptors (Lipinski definition) is 4. The van der Waals surface area contributed by atoms with Crippen LogP contribution in [-0.4, -0.2) is 35.3 Å². The molecule has 0 aliphatic heterocycles. The van der Waals surface area contributed by atoms with Gasteiger partial charge in [-0.2, -0.15) is 11.8 Å². The van der Waals surface area contributed by atoms with E-state index in [0.29, 0.717) is 4.75 Å². The Kier molecular flexibility index (Phi) is 6.68. The van der Waals surface area contributed by atoms with Crippen LogP contribution in [0.3, 0.4) is 0 Å². The molecule has 0 fully saturated rings. The molecule has 0 aromatic heterocycles. The van der Waals surface area contributed by atoms with Crippen LogP contribution in [0, 0.1) is 0 Å². The van der Waals surface area contributed by atoms with Gasteiger partial charge in [-0.15, -0.1) is 11.8 Å². The van der Waals surface area contributed by atoms with Gasteiger partial charge in [0.25, 0.3) is 0 Å². The monoisotopic (exact) mass is 221 g/mol. The maximum Gasteiger partial charge on any atom is 0.106 e. The van der Waals surface area contributed by atoms with Gasteiger partial charge in [-0.3, -0.25) is 0 Å².